The molecular weight excluding hydrogens is 254 g/mol. The zero-order valence-electron chi connectivity index (χ0n) is 10.4. The summed E-state index contributed by atoms with van der Waals surface area (Å²) in [6.07, 6.45) is 1.49. The van der Waals surface area contributed by atoms with Gasteiger partial charge in [0.15, 0.2) is 6.29 Å². The second kappa shape index (κ2) is 6.20. The van der Waals surface area contributed by atoms with Crippen molar-refractivity contribution in [3.8, 4) is 0 Å². The molecule has 1 heterocycles. The van der Waals surface area contributed by atoms with Crippen molar-refractivity contribution in [2.45, 2.75) is 12.8 Å². The third-order valence-corrected chi connectivity index (χ3v) is 3.07. The van der Waals surface area contributed by atoms with E-state index in [9.17, 15) is 0 Å². The summed E-state index contributed by atoms with van der Waals surface area (Å²) in [7, 11) is 3.14. The predicted octanol–water partition coefficient (Wildman–Crippen LogP) is 2.59. The zero-order valence-corrected chi connectivity index (χ0v) is 11.2. The maximum atomic E-state index is 6.16. The van der Waals surface area contributed by atoms with Gasteiger partial charge in [0.1, 0.15) is 11.8 Å². The lowest BCUT2D eigenvalue weighted by atomic mass is 10.1. The lowest BCUT2D eigenvalue weighted by Crippen LogP contribution is -2.30. The maximum absolute atomic E-state index is 6.16. The molecule has 18 heavy (non-hydrogen) atoms. The van der Waals surface area contributed by atoms with Gasteiger partial charge in [-0.25, -0.2) is 5.06 Å². The van der Waals surface area contributed by atoms with Crippen LogP contribution in [-0.2, 0) is 20.9 Å². The number of hydroxylamine groups is 2. The molecule has 1 aromatic carbocycles. The van der Waals surface area contributed by atoms with Crippen molar-refractivity contribution in [1.29, 1.82) is 0 Å². The van der Waals surface area contributed by atoms with Gasteiger partial charge in [0.05, 0.1) is 6.54 Å². The van der Waals surface area contributed by atoms with Crippen LogP contribution in [0.25, 0.3) is 6.08 Å². The molecule has 1 aliphatic rings. The summed E-state index contributed by atoms with van der Waals surface area (Å²) in [5.41, 5.74) is 2.30. The van der Waals surface area contributed by atoms with E-state index < -0.39 is 6.29 Å². The molecule has 1 aliphatic heterocycles. The molecule has 0 radical (unpaired) electrons. The van der Waals surface area contributed by atoms with Crippen molar-refractivity contribution < 1.29 is 14.3 Å². The highest BCUT2D eigenvalue weighted by Gasteiger charge is 2.18. The zero-order chi connectivity index (χ0) is 13.0. The fourth-order valence-electron chi connectivity index (χ4n) is 1.74. The van der Waals surface area contributed by atoms with Crippen molar-refractivity contribution in [3.63, 3.8) is 0 Å². The third kappa shape index (κ3) is 3.03. The fraction of sp³-hybridized carbons (Fsp3) is 0.385. The molecule has 0 atom stereocenters. The summed E-state index contributed by atoms with van der Waals surface area (Å²) in [6, 6.07) is 8.07. The van der Waals surface area contributed by atoms with Crippen LogP contribution in [0.2, 0.25) is 0 Å². The Kier molecular flexibility index (Phi) is 4.60. The second-order valence-corrected chi connectivity index (χ2v) is 4.29. The Labute approximate surface area is 112 Å². The van der Waals surface area contributed by atoms with E-state index in [1.54, 1.807) is 19.3 Å². The maximum Gasteiger partial charge on any atom is 0.182 e. The van der Waals surface area contributed by atoms with E-state index in [-0.39, 0.29) is 0 Å². The highest BCUT2D eigenvalue weighted by Crippen LogP contribution is 2.26. The standard InChI is InChI=1S/C13H16ClNO3/c1-16-13(17-2)9-18-15-8-11-6-4-3-5-10(11)7-12(15)14/h3-7,13H,8-9H2,1-2H3. The van der Waals surface area contributed by atoms with Crippen molar-refractivity contribution in [1.82, 2.24) is 5.06 Å². The molecule has 0 bridgehead atoms. The van der Waals surface area contributed by atoms with Crippen LogP contribution in [-0.4, -0.2) is 32.2 Å². The average molecular weight is 270 g/mol. The molecular formula is C13H16ClNO3. The van der Waals surface area contributed by atoms with E-state index in [0.717, 1.165) is 5.56 Å². The van der Waals surface area contributed by atoms with Crippen molar-refractivity contribution >= 4 is 17.7 Å². The molecule has 0 spiro atoms. The Morgan fingerprint density at radius 1 is 1.28 bits per heavy atom. The molecule has 1 aromatic rings. The summed E-state index contributed by atoms with van der Waals surface area (Å²) in [4.78, 5) is 5.58. The van der Waals surface area contributed by atoms with Crippen LogP contribution in [0.4, 0.5) is 0 Å². The van der Waals surface area contributed by atoms with E-state index in [0.29, 0.717) is 18.3 Å². The minimum atomic E-state index is -0.397. The van der Waals surface area contributed by atoms with Gasteiger partial charge in [-0.1, -0.05) is 35.9 Å². The molecule has 0 saturated heterocycles. The molecule has 0 aromatic heterocycles. The monoisotopic (exact) mass is 269 g/mol. The van der Waals surface area contributed by atoms with E-state index in [4.69, 9.17) is 25.9 Å². The predicted molar refractivity (Wildman–Crippen MR) is 69.6 cm³/mol. The summed E-state index contributed by atoms with van der Waals surface area (Å²) in [5, 5.41) is 2.19. The first-order chi connectivity index (χ1) is 8.74. The molecule has 0 unspecified atom stereocenters. The third-order valence-electron chi connectivity index (χ3n) is 2.77. The Hall–Kier alpha value is -1.07. The molecule has 5 heteroatoms. The van der Waals surface area contributed by atoms with Crippen LogP contribution < -0.4 is 0 Å². The van der Waals surface area contributed by atoms with Crippen LogP contribution in [0.15, 0.2) is 29.4 Å². The van der Waals surface area contributed by atoms with Crippen molar-refractivity contribution in [3.05, 3.63) is 40.5 Å². The van der Waals surface area contributed by atoms with Gasteiger partial charge >= 0.3 is 0 Å². The number of hydrogen-bond acceptors (Lipinski definition) is 4. The molecule has 0 amide bonds. The Bertz CT molecular complexity index is 432. The molecule has 0 fully saturated rings. The lowest BCUT2D eigenvalue weighted by Gasteiger charge is -2.28. The minimum Gasteiger partial charge on any atom is -0.353 e. The largest absolute Gasteiger partial charge is 0.353 e. The van der Waals surface area contributed by atoms with Gasteiger partial charge in [0.2, 0.25) is 0 Å². The normalized spacial score (nSPS) is 14.7. The summed E-state index contributed by atoms with van der Waals surface area (Å²) < 4.78 is 10.1. The number of rotatable bonds is 5. The summed E-state index contributed by atoms with van der Waals surface area (Å²) in [6.45, 7) is 0.908. The van der Waals surface area contributed by atoms with Gasteiger partial charge < -0.3 is 9.47 Å². The number of benzene rings is 1. The topological polar surface area (TPSA) is 30.9 Å². The van der Waals surface area contributed by atoms with Gasteiger partial charge in [0, 0.05) is 14.2 Å². The fourth-order valence-corrected chi connectivity index (χ4v) is 1.97. The number of halogens is 1. The SMILES string of the molecule is COC(CON1Cc2ccccc2C=C1Cl)OC. The van der Waals surface area contributed by atoms with Gasteiger partial charge in [-0.05, 0) is 17.2 Å². The summed E-state index contributed by atoms with van der Waals surface area (Å²) in [5.74, 6) is 0. The molecule has 2 rings (SSSR count). The smallest absolute Gasteiger partial charge is 0.182 e. The van der Waals surface area contributed by atoms with Crippen LogP contribution in [0.3, 0.4) is 0 Å². The van der Waals surface area contributed by atoms with Crippen molar-refractivity contribution in [2.75, 3.05) is 20.8 Å². The number of hydrogen-bond donors (Lipinski definition) is 0. The molecule has 0 N–H and O–H groups in total. The van der Waals surface area contributed by atoms with Gasteiger partial charge in [-0.3, -0.25) is 4.84 Å². The highest BCUT2D eigenvalue weighted by molar-refractivity contribution is 6.31. The Balaban J connectivity index is 2.01. The van der Waals surface area contributed by atoms with Crippen LogP contribution >= 0.6 is 11.6 Å². The molecule has 4 nitrogen and oxygen atoms in total. The number of fused-ring (bicyclic) bond motifs is 1. The highest BCUT2D eigenvalue weighted by atomic mass is 35.5. The van der Waals surface area contributed by atoms with E-state index in [1.807, 2.05) is 24.3 Å². The van der Waals surface area contributed by atoms with Crippen molar-refractivity contribution in [2.24, 2.45) is 0 Å². The lowest BCUT2D eigenvalue weighted by molar-refractivity contribution is -0.212. The second-order valence-electron chi connectivity index (χ2n) is 3.90. The first-order valence-corrected chi connectivity index (χ1v) is 6.03. The average Bonchev–Trinajstić information content (AvgIpc) is 2.40. The first kappa shape index (κ1) is 13.4. The van der Waals surface area contributed by atoms with Gasteiger partial charge in [0.25, 0.3) is 0 Å². The van der Waals surface area contributed by atoms with E-state index in [2.05, 4.69) is 6.07 Å². The molecule has 98 valence electrons. The Morgan fingerprint density at radius 3 is 2.72 bits per heavy atom. The van der Waals surface area contributed by atoms with Crippen LogP contribution in [0.5, 0.6) is 0 Å². The van der Waals surface area contributed by atoms with E-state index >= 15 is 0 Å². The van der Waals surface area contributed by atoms with E-state index in [1.165, 1.54) is 5.56 Å². The molecule has 0 aliphatic carbocycles. The van der Waals surface area contributed by atoms with Gasteiger partial charge in [-0.15, -0.1) is 0 Å². The quantitative estimate of drug-likeness (QED) is 0.607. The minimum absolute atomic E-state index is 0.291. The molecule has 0 saturated carbocycles. The Morgan fingerprint density at radius 2 is 2.00 bits per heavy atom. The summed E-state index contributed by atoms with van der Waals surface area (Å²) >= 11 is 6.16. The van der Waals surface area contributed by atoms with Gasteiger partial charge in [-0.2, -0.15) is 0 Å². The first-order valence-electron chi connectivity index (χ1n) is 5.65. The van der Waals surface area contributed by atoms with Crippen LogP contribution in [0, 0.1) is 0 Å². The number of ether oxygens (including phenoxy) is 2. The van der Waals surface area contributed by atoms with Crippen LogP contribution in [0.1, 0.15) is 11.1 Å². The number of nitrogens with zero attached hydrogens (tertiary/aromatic N) is 1. The number of methoxy groups -OCH3 is 2.